The maximum absolute atomic E-state index is 14.8. The Morgan fingerprint density at radius 3 is 2.55 bits per heavy atom. The molecule has 2 aromatic heterocycles. The van der Waals surface area contributed by atoms with Crippen molar-refractivity contribution in [3.8, 4) is 5.69 Å². The van der Waals surface area contributed by atoms with Crippen LogP contribution in [0.4, 0.5) is 20.2 Å². The third kappa shape index (κ3) is 5.83. The number of benzene rings is 3. The second kappa shape index (κ2) is 11.7. The van der Waals surface area contributed by atoms with E-state index in [0.29, 0.717) is 28.0 Å². The van der Waals surface area contributed by atoms with Gasteiger partial charge in [0, 0.05) is 41.8 Å². The van der Waals surface area contributed by atoms with Gasteiger partial charge in [-0.05, 0) is 48.0 Å². The number of aromatic nitrogens is 5. The standard InChI is InChI=1S/C29H22Cl2F2N8O3/c1-38-12-17-8-20(5-6-22(17)36-38)34-29(44)25(9-16-2-4-19(32)11-21(16)33)40-15-27(42)39(14-28(40)43)24-10-18(30)3-7-23(24)41-13-26(31)35-37-41/h2-8,10-13,25H,9,14-15H2,1H3,(H,34,44). The van der Waals surface area contributed by atoms with Crippen LogP contribution in [0.5, 0.6) is 0 Å². The molecule has 0 aliphatic carbocycles. The van der Waals surface area contributed by atoms with Crippen molar-refractivity contribution in [2.45, 2.75) is 12.5 Å². The van der Waals surface area contributed by atoms with Crippen molar-refractivity contribution < 1.29 is 23.2 Å². The minimum Gasteiger partial charge on any atom is -0.324 e. The molecule has 0 saturated carbocycles. The molecule has 1 unspecified atom stereocenters. The first kappa shape index (κ1) is 29.2. The second-order valence-corrected chi connectivity index (χ2v) is 11.0. The molecule has 11 nitrogen and oxygen atoms in total. The molecule has 3 amide bonds. The van der Waals surface area contributed by atoms with Gasteiger partial charge in [-0.25, -0.2) is 13.5 Å². The second-order valence-electron chi connectivity index (χ2n) is 10.1. The summed E-state index contributed by atoms with van der Waals surface area (Å²) in [6, 6.07) is 11.4. The Labute approximate surface area is 258 Å². The number of carbonyl (C=O) groups is 3. The Morgan fingerprint density at radius 1 is 0.977 bits per heavy atom. The van der Waals surface area contributed by atoms with Gasteiger partial charge in [-0.1, -0.05) is 34.5 Å². The molecule has 1 saturated heterocycles. The summed E-state index contributed by atoms with van der Waals surface area (Å²) >= 11 is 12.2. The van der Waals surface area contributed by atoms with Gasteiger partial charge in [0.05, 0.1) is 23.1 Å². The van der Waals surface area contributed by atoms with Crippen LogP contribution < -0.4 is 10.2 Å². The van der Waals surface area contributed by atoms with Crippen molar-refractivity contribution >= 4 is 63.2 Å². The summed E-state index contributed by atoms with van der Waals surface area (Å²) in [6.07, 6.45) is 2.89. The first-order chi connectivity index (χ1) is 21.0. The Morgan fingerprint density at radius 2 is 1.80 bits per heavy atom. The molecule has 6 rings (SSSR count). The van der Waals surface area contributed by atoms with E-state index in [4.69, 9.17) is 23.2 Å². The fourth-order valence-electron chi connectivity index (χ4n) is 5.10. The van der Waals surface area contributed by atoms with Crippen LogP contribution in [0.15, 0.2) is 67.0 Å². The third-order valence-electron chi connectivity index (χ3n) is 7.15. The molecule has 3 aromatic carbocycles. The van der Waals surface area contributed by atoms with Gasteiger partial charge >= 0.3 is 0 Å². The van der Waals surface area contributed by atoms with Crippen LogP contribution in [0.25, 0.3) is 16.6 Å². The van der Waals surface area contributed by atoms with Crippen molar-refractivity contribution in [1.82, 2.24) is 29.7 Å². The van der Waals surface area contributed by atoms with E-state index in [-0.39, 0.29) is 22.8 Å². The maximum Gasteiger partial charge on any atom is 0.247 e. The highest BCUT2D eigenvalue weighted by molar-refractivity contribution is 6.31. The van der Waals surface area contributed by atoms with Gasteiger partial charge in [0.2, 0.25) is 17.7 Å². The number of nitrogens with zero attached hydrogens (tertiary/aromatic N) is 7. The van der Waals surface area contributed by atoms with E-state index >= 15 is 0 Å². The maximum atomic E-state index is 14.8. The van der Waals surface area contributed by atoms with E-state index in [9.17, 15) is 23.2 Å². The molecule has 3 heterocycles. The third-order valence-corrected chi connectivity index (χ3v) is 7.56. The lowest BCUT2D eigenvalue weighted by molar-refractivity contribution is -0.143. The number of carbonyl (C=O) groups excluding carboxylic acids is 3. The largest absolute Gasteiger partial charge is 0.324 e. The smallest absolute Gasteiger partial charge is 0.247 e. The Hall–Kier alpha value is -4.88. The highest BCUT2D eigenvalue weighted by Crippen LogP contribution is 2.31. The average Bonchev–Trinajstić information content (AvgIpc) is 3.57. The number of nitrogens with one attached hydrogen (secondary N) is 1. The molecule has 0 spiro atoms. The van der Waals surface area contributed by atoms with Gasteiger partial charge in [-0.2, -0.15) is 5.10 Å². The van der Waals surface area contributed by atoms with Gasteiger partial charge in [0.25, 0.3) is 0 Å². The van der Waals surface area contributed by atoms with Crippen LogP contribution in [0.3, 0.4) is 0 Å². The predicted molar refractivity (Wildman–Crippen MR) is 159 cm³/mol. The summed E-state index contributed by atoms with van der Waals surface area (Å²) in [6.45, 7) is -0.961. The van der Waals surface area contributed by atoms with Crippen LogP contribution in [0.2, 0.25) is 10.2 Å². The van der Waals surface area contributed by atoms with Gasteiger partial charge in [-0.3, -0.25) is 24.0 Å². The Bertz CT molecular complexity index is 1950. The topological polar surface area (TPSA) is 118 Å². The quantitative estimate of drug-likeness (QED) is 0.286. The highest BCUT2D eigenvalue weighted by Gasteiger charge is 2.39. The first-order valence-corrected chi connectivity index (χ1v) is 14.0. The zero-order valence-electron chi connectivity index (χ0n) is 22.9. The Kier molecular flexibility index (Phi) is 7.74. The van der Waals surface area contributed by atoms with Crippen LogP contribution in [0.1, 0.15) is 5.56 Å². The molecule has 5 aromatic rings. The summed E-state index contributed by atoms with van der Waals surface area (Å²) in [5.41, 5.74) is 1.77. The summed E-state index contributed by atoms with van der Waals surface area (Å²) in [4.78, 5) is 43.3. The van der Waals surface area contributed by atoms with Gasteiger partial charge in [0.1, 0.15) is 30.8 Å². The molecule has 1 aliphatic rings. The minimum atomic E-state index is -1.31. The molecule has 0 radical (unpaired) electrons. The SMILES string of the molecule is Cn1cc2cc(NC(=O)C(Cc3ccc(F)cc3F)N3CC(=O)N(c4cc(Cl)ccc4-n4cc(Cl)nn4)CC3=O)ccc2n1. The summed E-state index contributed by atoms with van der Waals surface area (Å²) in [5, 5.41) is 16.0. The average molecular weight is 639 g/mol. The normalized spacial score (nSPS) is 14.4. The monoisotopic (exact) mass is 638 g/mol. The van der Waals surface area contributed by atoms with E-state index in [1.54, 1.807) is 48.3 Å². The van der Waals surface area contributed by atoms with E-state index < -0.39 is 48.5 Å². The molecule has 0 bridgehead atoms. The van der Waals surface area contributed by atoms with Crippen molar-refractivity contribution in [3.05, 3.63) is 94.4 Å². The molecular formula is C29H22Cl2F2N8O3. The predicted octanol–water partition coefficient (Wildman–Crippen LogP) is 4.16. The number of anilines is 2. The van der Waals surface area contributed by atoms with Gasteiger partial charge < -0.3 is 10.2 Å². The number of aryl methyl sites for hydroxylation is 1. The summed E-state index contributed by atoms with van der Waals surface area (Å²) in [5.74, 6) is -3.45. The van der Waals surface area contributed by atoms with Gasteiger partial charge in [0.15, 0.2) is 5.15 Å². The fraction of sp³-hybridized carbons (Fsp3) is 0.172. The lowest BCUT2D eigenvalue weighted by atomic mass is 10.0. The fourth-order valence-corrected chi connectivity index (χ4v) is 5.39. The van der Waals surface area contributed by atoms with Gasteiger partial charge in [-0.15, -0.1) is 5.10 Å². The summed E-state index contributed by atoms with van der Waals surface area (Å²) in [7, 11) is 1.77. The van der Waals surface area contributed by atoms with Crippen molar-refractivity contribution in [3.63, 3.8) is 0 Å². The van der Waals surface area contributed by atoms with E-state index in [1.165, 1.54) is 27.9 Å². The molecular weight excluding hydrogens is 617 g/mol. The number of amides is 3. The van der Waals surface area contributed by atoms with Crippen LogP contribution in [0, 0.1) is 11.6 Å². The number of hydrogen-bond donors (Lipinski definition) is 1. The van der Waals surface area contributed by atoms with Crippen LogP contribution in [-0.2, 0) is 27.9 Å². The highest BCUT2D eigenvalue weighted by atomic mass is 35.5. The molecule has 224 valence electrons. The first-order valence-electron chi connectivity index (χ1n) is 13.2. The molecule has 1 atom stereocenters. The van der Waals surface area contributed by atoms with Crippen LogP contribution >= 0.6 is 23.2 Å². The molecule has 15 heteroatoms. The molecule has 1 aliphatic heterocycles. The zero-order valence-corrected chi connectivity index (χ0v) is 24.4. The molecule has 1 N–H and O–H groups in total. The van der Waals surface area contributed by atoms with E-state index in [0.717, 1.165) is 16.4 Å². The summed E-state index contributed by atoms with van der Waals surface area (Å²) < 4.78 is 31.4. The van der Waals surface area contributed by atoms with Crippen molar-refractivity contribution in [1.29, 1.82) is 0 Å². The molecule has 1 fully saturated rings. The lowest BCUT2D eigenvalue weighted by Gasteiger charge is -2.38. The number of fused-ring (bicyclic) bond motifs is 1. The van der Waals surface area contributed by atoms with E-state index in [1.807, 2.05) is 0 Å². The van der Waals surface area contributed by atoms with E-state index in [2.05, 4.69) is 20.7 Å². The van der Waals surface area contributed by atoms with Crippen molar-refractivity contribution in [2.75, 3.05) is 23.3 Å². The molecule has 44 heavy (non-hydrogen) atoms. The number of hydrogen-bond acceptors (Lipinski definition) is 6. The Balaban J connectivity index is 1.31. The van der Waals surface area contributed by atoms with Crippen molar-refractivity contribution in [2.24, 2.45) is 7.05 Å². The zero-order chi connectivity index (χ0) is 31.1. The number of piperazine rings is 1. The lowest BCUT2D eigenvalue weighted by Crippen LogP contribution is -2.60. The van der Waals surface area contributed by atoms with Crippen LogP contribution in [-0.4, -0.2) is 66.5 Å². The number of rotatable bonds is 7. The minimum absolute atomic E-state index is 0.00266. The number of halogens is 4.